The molecule has 1 aliphatic heterocycles. The predicted octanol–water partition coefficient (Wildman–Crippen LogP) is 3.58. The van der Waals surface area contributed by atoms with Gasteiger partial charge < -0.3 is 14.6 Å². The Morgan fingerprint density at radius 1 is 1.27 bits per heavy atom. The number of hydrogen-bond donors (Lipinski definition) is 1. The minimum absolute atomic E-state index is 0.0769. The third kappa shape index (κ3) is 3.62. The quantitative estimate of drug-likeness (QED) is 0.902. The first-order chi connectivity index (χ1) is 10.4. The molecule has 2 atom stereocenters. The van der Waals surface area contributed by atoms with Gasteiger partial charge in [0.25, 0.3) is 0 Å². The van der Waals surface area contributed by atoms with Gasteiger partial charge in [0.1, 0.15) is 0 Å². The number of hydrogen-bond acceptors (Lipinski definition) is 3. The Bertz CT molecular complexity index is 513. The third-order valence-electron chi connectivity index (χ3n) is 3.67. The van der Waals surface area contributed by atoms with E-state index in [4.69, 9.17) is 9.47 Å². The highest BCUT2D eigenvalue weighted by Crippen LogP contribution is 2.42. The lowest BCUT2D eigenvalue weighted by molar-refractivity contribution is -0.247. The van der Waals surface area contributed by atoms with Gasteiger partial charge >= 0.3 is 6.18 Å². The highest BCUT2D eigenvalue weighted by molar-refractivity contribution is 5.27. The molecule has 2 rings (SSSR count). The average Bonchev–Trinajstić information content (AvgIpc) is 2.48. The van der Waals surface area contributed by atoms with E-state index in [0.717, 1.165) is 6.26 Å². The van der Waals surface area contributed by atoms with Crippen LogP contribution in [0.4, 0.5) is 13.2 Å². The summed E-state index contributed by atoms with van der Waals surface area (Å²) in [7, 11) is 0. The van der Waals surface area contributed by atoms with Crippen molar-refractivity contribution in [3.63, 3.8) is 0 Å². The molecule has 1 N–H and O–H groups in total. The second-order valence-corrected chi connectivity index (χ2v) is 5.22. The first-order valence-electron chi connectivity index (χ1n) is 7.16. The van der Waals surface area contributed by atoms with E-state index in [9.17, 15) is 18.3 Å². The number of alkyl halides is 3. The van der Waals surface area contributed by atoms with Crippen LogP contribution in [0.3, 0.4) is 0 Å². The van der Waals surface area contributed by atoms with Crippen LogP contribution in [0.25, 0.3) is 0 Å². The van der Waals surface area contributed by atoms with Crippen LogP contribution in [0, 0.1) is 0 Å². The van der Waals surface area contributed by atoms with E-state index in [2.05, 4.69) is 0 Å². The fraction of sp³-hybridized carbons (Fsp3) is 0.500. The maximum Gasteiger partial charge on any atom is 0.421 e. The lowest BCUT2D eigenvalue weighted by Gasteiger charge is -2.35. The Hall–Kier alpha value is -1.53. The molecule has 22 heavy (non-hydrogen) atoms. The van der Waals surface area contributed by atoms with Crippen LogP contribution in [0.15, 0.2) is 42.2 Å². The smallest absolute Gasteiger partial charge is 0.421 e. The van der Waals surface area contributed by atoms with Crippen molar-refractivity contribution in [1.29, 1.82) is 0 Å². The molecule has 3 nitrogen and oxygen atoms in total. The van der Waals surface area contributed by atoms with Crippen molar-refractivity contribution in [1.82, 2.24) is 0 Å². The standard InChI is InChI=1S/C16H19F3O3/c1-2-21-14-9-8-13(11-22-14)15(20,16(17,18)19)10-12-6-4-3-5-7-12/h3-7,11,14,20H,2,8-10H2,1H3/t14-,15+/m0/s1. The van der Waals surface area contributed by atoms with Gasteiger partial charge in [-0.2, -0.15) is 13.2 Å². The number of ether oxygens (including phenoxy) is 2. The van der Waals surface area contributed by atoms with Gasteiger partial charge in [-0.3, -0.25) is 0 Å². The SMILES string of the molecule is CCO[C@@H]1CCC([C@](O)(Cc2ccccc2)C(F)(F)F)=CO1. The predicted molar refractivity (Wildman–Crippen MR) is 75.0 cm³/mol. The maximum absolute atomic E-state index is 13.4. The summed E-state index contributed by atoms with van der Waals surface area (Å²) in [5.74, 6) is 0. The molecule has 1 aliphatic rings. The van der Waals surface area contributed by atoms with E-state index in [1.165, 1.54) is 0 Å². The summed E-state index contributed by atoms with van der Waals surface area (Å²) < 4.78 is 50.7. The van der Waals surface area contributed by atoms with Gasteiger partial charge in [-0.25, -0.2) is 0 Å². The van der Waals surface area contributed by atoms with Crippen LogP contribution < -0.4 is 0 Å². The zero-order valence-corrected chi connectivity index (χ0v) is 12.3. The Morgan fingerprint density at radius 3 is 2.45 bits per heavy atom. The second kappa shape index (κ2) is 6.71. The first-order valence-corrected chi connectivity index (χ1v) is 7.16. The van der Waals surface area contributed by atoms with Crippen molar-refractivity contribution >= 4 is 0 Å². The molecule has 0 aliphatic carbocycles. The summed E-state index contributed by atoms with van der Waals surface area (Å²) in [5, 5.41) is 10.3. The largest absolute Gasteiger partial charge is 0.472 e. The molecular weight excluding hydrogens is 297 g/mol. The van der Waals surface area contributed by atoms with Crippen LogP contribution in [0.2, 0.25) is 0 Å². The van der Waals surface area contributed by atoms with Gasteiger partial charge in [0.2, 0.25) is 0 Å². The third-order valence-corrected chi connectivity index (χ3v) is 3.67. The second-order valence-electron chi connectivity index (χ2n) is 5.22. The summed E-state index contributed by atoms with van der Waals surface area (Å²) in [4.78, 5) is 0. The molecule has 0 saturated heterocycles. The van der Waals surface area contributed by atoms with Crippen molar-refractivity contribution in [2.45, 2.75) is 44.3 Å². The Balaban J connectivity index is 2.23. The summed E-state index contributed by atoms with van der Waals surface area (Å²) >= 11 is 0. The topological polar surface area (TPSA) is 38.7 Å². The number of rotatable bonds is 5. The molecule has 6 heteroatoms. The van der Waals surface area contributed by atoms with Gasteiger partial charge in [-0.05, 0) is 18.9 Å². The summed E-state index contributed by atoms with van der Waals surface area (Å²) in [5.41, 5.74) is -2.68. The molecule has 0 unspecified atom stereocenters. The summed E-state index contributed by atoms with van der Waals surface area (Å²) in [6, 6.07) is 8.12. The average molecular weight is 316 g/mol. The normalized spacial score (nSPS) is 21.7. The van der Waals surface area contributed by atoms with Crippen molar-refractivity contribution in [3.05, 3.63) is 47.7 Å². The Labute approximate surface area is 127 Å². The lowest BCUT2D eigenvalue weighted by atomic mass is 9.84. The maximum atomic E-state index is 13.4. The Kier molecular flexibility index (Phi) is 5.13. The molecule has 1 heterocycles. The molecule has 1 aromatic rings. The van der Waals surface area contributed by atoms with E-state index in [-0.39, 0.29) is 18.4 Å². The van der Waals surface area contributed by atoms with Crippen molar-refractivity contribution < 1.29 is 27.8 Å². The number of benzene rings is 1. The molecule has 0 spiro atoms. The minimum atomic E-state index is -4.78. The van der Waals surface area contributed by atoms with Crippen LogP contribution in [-0.2, 0) is 15.9 Å². The summed E-state index contributed by atoms with van der Waals surface area (Å²) in [6.45, 7) is 2.20. The van der Waals surface area contributed by atoms with E-state index < -0.39 is 24.5 Å². The zero-order chi connectivity index (χ0) is 16.2. The minimum Gasteiger partial charge on any atom is -0.472 e. The van der Waals surface area contributed by atoms with Gasteiger partial charge in [-0.15, -0.1) is 0 Å². The van der Waals surface area contributed by atoms with E-state index in [1.807, 2.05) is 0 Å². The first kappa shape index (κ1) is 16.8. The molecule has 0 saturated carbocycles. The van der Waals surface area contributed by atoms with E-state index in [0.29, 0.717) is 12.2 Å². The Morgan fingerprint density at radius 2 is 1.95 bits per heavy atom. The fourth-order valence-corrected chi connectivity index (χ4v) is 2.46. The highest BCUT2D eigenvalue weighted by atomic mass is 19.4. The van der Waals surface area contributed by atoms with Crippen molar-refractivity contribution in [3.8, 4) is 0 Å². The van der Waals surface area contributed by atoms with Gasteiger partial charge in [0.05, 0.1) is 6.26 Å². The van der Waals surface area contributed by atoms with Crippen LogP contribution in [0.1, 0.15) is 25.3 Å². The zero-order valence-electron chi connectivity index (χ0n) is 12.3. The number of halogens is 3. The molecule has 0 radical (unpaired) electrons. The summed E-state index contributed by atoms with van der Waals surface area (Å²) in [6.07, 6.45) is -4.51. The van der Waals surface area contributed by atoms with Crippen LogP contribution in [0.5, 0.6) is 0 Å². The molecule has 0 amide bonds. The van der Waals surface area contributed by atoms with Crippen molar-refractivity contribution in [2.75, 3.05) is 6.61 Å². The molecule has 1 aromatic carbocycles. The molecule has 0 fully saturated rings. The lowest BCUT2D eigenvalue weighted by Crippen LogP contribution is -2.49. The van der Waals surface area contributed by atoms with Crippen LogP contribution in [-0.4, -0.2) is 29.8 Å². The van der Waals surface area contributed by atoms with Gasteiger partial charge in [0.15, 0.2) is 11.9 Å². The van der Waals surface area contributed by atoms with E-state index >= 15 is 0 Å². The molecular formula is C16H19F3O3. The van der Waals surface area contributed by atoms with Gasteiger partial charge in [0, 0.05) is 25.0 Å². The monoisotopic (exact) mass is 316 g/mol. The fourth-order valence-electron chi connectivity index (χ4n) is 2.46. The highest BCUT2D eigenvalue weighted by Gasteiger charge is 2.56. The van der Waals surface area contributed by atoms with Crippen molar-refractivity contribution in [2.24, 2.45) is 0 Å². The van der Waals surface area contributed by atoms with Crippen LogP contribution >= 0.6 is 0 Å². The molecule has 0 bridgehead atoms. The van der Waals surface area contributed by atoms with E-state index in [1.54, 1.807) is 37.3 Å². The molecule has 0 aromatic heterocycles. The molecule has 122 valence electrons. The number of aliphatic hydroxyl groups is 1. The van der Waals surface area contributed by atoms with Gasteiger partial charge in [-0.1, -0.05) is 30.3 Å².